The first-order valence-electron chi connectivity index (χ1n) is 9.04. The molecule has 138 valence electrons. The monoisotopic (exact) mass is 355 g/mol. The maximum Gasteiger partial charge on any atom is 0.257 e. The lowest BCUT2D eigenvalue weighted by Gasteiger charge is -2.24. The molecule has 1 aliphatic heterocycles. The Hall–Kier alpha value is -2.70. The van der Waals surface area contributed by atoms with Crippen molar-refractivity contribution in [2.75, 3.05) is 6.54 Å². The number of likely N-dealkylation sites (tertiary alicyclic amines) is 1. The Morgan fingerprint density at radius 2 is 2.15 bits per heavy atom. The lowest BCUT2D eigenvalue weighted by Crippen LogP contribution is -2.31. The smallest absolute Gasteiger partial charge is 0.257 e. The Bertz CT molecular complexity index is 797. The van der Waals surface area contributed by atoms with Crippen molar-refractivity contribution < 1.29 is 9.59 Å². The van der Waals surface area contributed by atoms with Crippen LogP contribution in [0.4, 0.5) is 0 Å². The van der Waals surface area contributed by atoms with Gasteiger partial charge in [0, 0.05) is 39.0 Å². The van der Waals surface area contributed by atoms with Crippen molar-refractivity contribution in [3.8, 4) is 0 Å². The van der Waals surface area contributed by atoms with E-state index >= 15 is 0 Å². The highest BCUT2D eigenvalue weighted by molar-refractivity contribution is 5.95. The van der Waals surface area contributed by atoms with Gasteiger partial charge in [0.05, 0.1) is 23.0 Å². The van der Waals surface area contributed by atoms with Gasteiger partial charge in [-0.15, -0.1) is 0 Å². The quantitative estimate of drug-likeness (QED) is 0.892. The Kier molecular flexibility index (Phi) is 5.35. The minimum absolute atomic E-state index is 0.0123. The molecule has 2 aromatic heterocycles. The zero-order chi connectivity index (χ0) is 18.7. The van der Waals surface area contributed by atoms with E-state index in [1.54, 1.807) is 10.9 Å². The number of pyridine rings is 1. The topological polar surface area (TPSA) is 80.1 Å². The van der Waals surface area contributed by atoms with Crippen LogP contribution in [0.5, 0.6) is 0 Å². The third kappa shape index (κ3) is 3.76. The van der Waals surface area contributed by atoms with Gasteiger partial charge in [-0.2, -0.15) is 5.10 Å². The summed E-state index contributed by atoms with van der Waals surface area (Å²) in [5.74, 6) is -0.0431. The normalized spacial score (nSPS) is 16.7. The molecule has 2 aromatic rings. The minimum atomic E-state index is -0.0652. The standard InChI is InChI=1S/C19H25N5O2/c1-4-23-12-16(13(2)22-23)19(26)24-9-5-6-18(24)17-8-7-15(11-21-17)10-20-14(3)25/h7-8,11-12,18H,4-6,9-10H2,1-3H3,(H,20,25)/t18-/m1/s1. The number of aryl methyl sites for hydroxylation is 2. The molecule has 1 atom stereocenters. The van der Waals surface area contributed by atoms with Gasteiger partial charge in [0.25, 0.3) is 5.91 Å². The third-order valence-corrected chi connectivity index (χ3v) is 4.74. The first kappa shape index (κ1) is 18.1. The van der Waals surface area contributed by atoms with E-state index in [0.717, 1.165) is 42.9 Å². The van der Waals surface area contributed by atoms with Crippen LogP contribution < -0.4 is 5.32 Å². The molecule has 1 fully saturated rings. The summed E-state index contributed by atoms with van der Waals surface area (Å²) in [5, 5.41) is 7.15. The van der Waals surface area contributed by atoms with E-state index in [1.165, 1.54) is 6.92 Å². The van der Waals surface area contributed by atoms with E-state index in [4.69, 9.17) is 0 Å². The van der Waals surface area contributed by atoms with Crippen molar-refractivity contribution in [3.63, 3.8) is 0 Å². The molecule has 0 aliphatic carbocycles. The van der Waals surface area contributed by atoms with Crippen molar-refractivity contribution >= 4 is 11.8 Å². The molecular weight excluding hydrogens is 330 g/mol. The molecular formula is C19H25N5O2. The second-order valence-electron chi connectivity index (χ2n) is 6.64. The van der Waals surface area contributed by atoms with Crippen LogP contribution in [0, 0.1) is 6.92 Å². The summed E-state index contributed by atoms with van der Waals surface area (Å²) in [6.07, 6.45) is 5.47. The fourth-order valence-electron chi connectivity index (χ4n) is 3.33. The zero-order valence-electron chi connectivity index (χ0n) is 15.5. The van der Waals surface area contributed by atoms with E-state index in [1.807, 2.05) is 37.1 Å². The Balaban J connectivity index is 1.76. The van der Waals surface area contributed by atoms with Crippen molar-refractivity contribution in [2.24, 2.45) is 0 Å². The first-order chi connectivity index (χ1) is 12.5. The van der Waals surface area contributed by atoms with Crippen LogP contribution in [-0.4, -0.2) is 38.0 Å². The van der Waals surface area contributed by atoms with Crippen LogP contribution in [0.1, 0.15) is 60.0 Å². The summed E-state index contributed by atoms with van der Waals surface area (Å²) in [6.45, 7) is 7.31. The molecule has 0 radical (unpaired) electrons. The zero-order valence-corrected chi connectivity index (χ0v) is 15.5. The predicted octanol–water partition coefficient (Wildman–Crippen LogP) is 2.22. The summed E-state index contributed by atoms with van der Waals surface area (Å²) in [4.78, 5) is 30.5. The van der Waals surface area contributed by atoms with Gasteiger partial charge in [0.15, 0.2) is 0 Å². The fourth-order valence-corrected chi connectivity index (χ4v) is 3.33. The average molecular weight is 355 g/mol. The third-order valence-electron chi connectivity index (χ3n) is 4.74. The van der Waals surface area contributed by atoms with Gasteiger partial charge in [-0.25, -0.2) is 0 Å². The van der Waals surface area contributed by atoms with Gasteiger partial charge in [-0.3, -0.25) is 19.3 Å². The summed E-state index contributed by atoms with van der Waals surface area (Å²) >= 11 is 0. The molecule has 26 heavy (non-hydrogen) atoms. The molecule has 0 spiro atoms. The number of hydrogen-bond donors (Lipinski definition) is 1. The van der Waals surface area contributed by atoms with Gasteiger partial charge in [-0.05, 0) is 38.3 Å². The van der Waals surface area contributed by atoms with Crippen LogP contribution in [-0.2, 0) is 17.9 Å². The van der Waals surface area contributed by atoms with E-state index < -0.39 is 0 Å². The van der Waals surface area contributed by atoms with Gasteiger partial charge in [-0.1, -0.05) is 6.07 Å². The minimum Gasteiger partial charge on any atom is -0.352 e. The number of rotatable bonds is 5. The molecule has 7 heteroatoms. The van der Waals surface area contributed by atoms with Gasteiger partial charge in [0.1, 0.15) is 0 Å². The average Bonchev–Trinajstić information content (AvgIpc) is 3.26. The van der Waals surface area contributed by atoms with Crippen molar-refractivity contribution in [3.05, 3.63) is 47.0 Å². The molecule has 2 amide bonds. The summed E-state index contributed by atoms with van der Waals surface area (Å²) < 4.78 is 1.79. The summed E-state index contributed by atoms with van der Waals surface area (Å²) in [7, 11) is 0. The second kappa shape index (κ2) is 7.68. The first-order valence-corrected chi connectivity index (χ1v) is 9.04. The lowest BCUT2D eigenvalue weighted by atomic mass is 10.1. The number of nitrogens with one attached hydrogen (secondary N) is 1. The SMILES string of the molecule is CCn1cc(C(=O)N2CCC[C@@H]2c2ccc(CNC(C)=O)cn2)c(C)n1. The number of carbonyl (C=O) groups excluding carboxylic acids is 2. The predicted molar refractivity (Wildman–Crippen MR) is 97.4 cm³/mol. The number of nitrogens with zero attached hydrogens (tertiary/aromatic N) is 4. The van der Waals surface area contributed by atoms with Crippen molar-refractivity contribution in [2.45, 2.75) is 52.7 Å². The molecule has 0 saturated carbocycles. The maximum absolute atomic E-state index is 13.0. The number of hydrogen-bond acceptors (Lipinski definition) is 4. The van der Waals surface area contributed by atoms with E-state index in [9.17, 15) is 9.59 Å². The van der Waals surface area contributed by atoms with Crippen molar-refractivity contribution in [1.82, 2.24) is 25.0 Å². The largest absolute Gasteiger partial charge is 0.352 e. The van der Waals surface area contributed by atoms with Gasteiger partial charge >= 0.3 is 0 Å². The molecule has 7 nitrogen and oxygen atoms in total. The molecule has 0 bridgehead atoms. The van der Waals surface area contributed by atoms with Crippen LogP contribution in [0.2, 0.25) is 0 Å². The molecule has 1 aliphatic rings. The van der Waals surface area contributed by atoms with Crippen molar-refractivity contribution in [1.29, 1.82) is 0 Å². The van der Waals surface area contributed by atoms with Crippen LogP contribution in [0.3, 0.4) is 0 Å². The highest BCUT2D eigenvalue weighted by Gasteiger charge is 2.32. The van der Waals surface area contributed by atoms with Crippen LogP contribution in [0.25, 0.3) is 0 Å². The lowest BCUT2D eigenvalue weighted by molar-refractivity contribution is -0.119. The molecule has 0 unspecified atom stereocenters. The van der Waals surface area contributed by atoms with E-state index in [2.05, 4.69) is 15.4 Å². The Labute approximate surface area is 153 Å². The number of aromatic nitrogens is 3. The maximum atomic E-state index is 13.0. The Morgan fingerprint density at radius 3 is 2.77 bits per heavy atom. The second-order valence-corrected chi connectivity index (χ2v) is 6.64. The molecule has 3 heterocycles. The van der Waals surface area contributed by atoms with Crippen LogP contribution in [0.15, 0.2) is 24.5 Å². The highest BCUT2D eigenvalue weighted by Crippen LogP contribution is 2.32. The molecule has 3 rings (SSSR count). The number of amides is 2. The fraction of sp³-hybridized carbons (Fsp3) is 0.474. The molecule has 1 N–H and O–H groups in total. The van der Waals surface area contributed by atoms with E-state index in [-0.39, 0.29) is 17.9 Å². The summed E-state index contributed by atoms with van der Waals surface area (Å²) in [6, 6.07) is 3.90. The van der Waals surface area contributed by atoms with Gasteiger partial charge < -0.3 is 10.2 Å². The summed E-state index contributed by atoms with van der Waals surface area (Å²) in [5.41, 5.74) is 3.27. The highest BCUT2D eigenvalue weighted by atomic mass is 16.2. The molecule has 0 aromatic carbocycles. The van der Waals surface area contributed by atoms with E-state index in [0.29, 0.717) is 12.1 Å². The molecule has 1 saturated heterocycles. The Morgan fingerprint density at radius 1 is 1.35 bits per heavy atom. The number of carbonyl (C=O) groups is 2. The van der Waals surface area contributed by atoms with Crippen LogP contribution >= 0.6 is 0 Å². The van der Waals surface area contributed by atoms with Gasteiger partial charge in [0.2, 0.25) is 5.91 Å².